The Kier molecular flexibility index (Phi) is 6.71. The first-order valence-corrected chi connectivity index (χ1v) is 9.74. The number of nitro benzene ring substituents is 1. The van der Waals surface area contributed by atoms with E-state index >= 15 is 0 Å². The number of carbonyl (C=O) groups excluding carboxylic acids is 2. The minimum Gasteiger partial charge on any atom is -0.459 e. The fourth-order valence-corrected chi connectivity index (χ4v) is 3.02. The van der Waals surface area contributed by atoms with Crippen LogP contribution in [0.5, 0.6) is 0 Å². The van der Waals surface area contributed by atoms with Gasteiger partial charge in [-0.1, -0.05) is 17.7 Å². The minimum absolute atomic E-state index is 0.117. The van der Waals surface area contributed by atoms with Crippen LogP contribution in [-0.4, -0.2) is 35.2 Å². The van der Waals surface area contributed by atoms with Crippen molar-refractivity contribution in [1.29, 1.82) is 0 Å². The predicted molar refractivity (Wildman–Crippen MR) is 116 cm³/mol. The molecule has 0 atom stereocenters. The van der Waals surface area contributed by atoms with Crippen molar-refractivity contribution < 1.29 is 18.9 Å². The van der Waals surface area contributed by atoms with Gasteiger partial charge in [-0.3, -0.25) is 19.7 Å². The van der Waals surface area contributed by atoms with Crippen LogP contribution in [0.2, 0.25) is 5.02 Å². The summed E-state index contributed by atoms with van der Waals surface area (Å²) < 4.78 is 5.78. The van der Waals surface area contributed by atoms with Crippen molar-refractivity contribution in [3.63, 3.8) is 0 Å². The van der Waals surface area contributed by atoms with Crippen molar-refractivity contribution in [2.45, 2.75) is 13.5 Å². The van der Waals surface area contributed by atoms with E-state index in [0.29, 0.717) is 22.1 Å². The number of halogens is 1. The van der Waals surface area contributed by atoms with Crippen LogP contribution in [0.25, 0.3) is 11.3 Å². The number of hydrogen-bond donors (Lipinski definition) is 1. The van der Waals surface area contributed by atoms with E-state index in [0.717, 1.165) is 5.56 Å². The SMILES string of the molecule is Cc1ccc(C(=O)NCC(=O)N(C)Cc2ccc(-c3ccc(Cl)cc3)o2)cc1[N+](=O)[O-]. The normalized spacial score (nSPS) is 10.5. The molecule has 0 spiro atoms. The van der Waals surface area contributed by atoms with Gasteiger partial charge in [0.05, 0.1) is 18.0 Å². The molecule has 0 fully saturated rings. The van der Waals surface area contributed by atoms with E-state index < -0.39 is 10.8 Å². The first-order valence-electron chi connectivity index (χ1n) is 9.36. The number of furan rings is 1. The molecule has 3 aromatic rings. The highest BCUT2D eigenvalue weighted by atomic mass is 35.5. The molecule has 0 unspecified atom stereocenters. The van der Waals surface area contributed by atoms with Crippen LogP contribution in [0, 0.1) is 17.0 Å². The van der Waals surface area contributed by atoms with Crippen molar-refractivity contribution >= 4 is 29.1 Å². The van der Waals surface area contributed by atoms with Crippen LogP contribution in [0.4, 0.5) is 5.69 Å². The predicted octanol–water partition coefficient (Wildman–Crippen LogP) is 4.21. The number of nitrogens with one attached hydrogen (secondary N) is 1. The molecule has 8 nitrogen and oxygen atoms in total. The Balaban J connectivity index is 1.56. The van der Waals surface area contributed by atoms with Crippen molar-refractivity contribution in [3.8, 4) is 11.3 Å². The Hall–Kier alpha value is -3.65. The van der Waals surface area contributed by atoms with Crippen LogP contribution in [0.3, 0.4) is 0 Å². The van der Waals surface area contributed by atoms with Gasteiger partial charge in [-0.15, -0.1) is 0 Å². The lowest BCUT2D eigenvalue weighted by atomic mass is 10.1. The second-order valence-corrected chi connectivity index (χ2v) is 7.40. The lowest BCUT2D eigenvalue weighted by Gasteiger charge is -2.16. The van der Waals surface area contributed by atoms with Gasteiger partial charge >= 0.3 is 0 Å². The standard InChI is InChI=1S/C22H20ClN3O5/c1-14-3-4-16(11-19(14)26(29)30)22(28)24-12-21(27)25(2)13-18-9-10-20(31-18)15-5-7-17(23)8-6-15/h3-11H,12-13H2,1-2H3,(H,24,28). The summed E-state index contributed by atoms with van der Waals surface area (Å²) in [5.41, 5.74) is 1.29. The summed E-state index contributed by atoms with van der Waals surface area (Å²) in [6.07, 6.45) is 0. The molecular weight excluding hydrogens is 422 g/mol. The quantitative estimate of drug-likeness (QED) is 0.436. The second-order valence-electron chi connectivity index (χ2n) is 6.96. The summed E-state index contributed by atoms with van der Waals surface area (Å²) in [5.74, 6) is 0.343. The van der Waals surface area contributed by atoms with Gasteiger partial charge in [0, 0.05) is 34.8 Å². The van der Waals surface area contributed by atoms with Crippen LogP contribution >= 0.6 is 11.6 Å². The summed E-state index contributed by atoms with van der Waals surface area (Å²) in [7, 11) is 1.59. The van der Waals surface area contributed by atoms with E-state index in [1.165, 1.54) is 23.1 Å². The molecule has 2 amide bonds. The maximum absolute atomic E-state index is 12.4. The largest absolute Gasteiger partial charge is 0.459 e. The average molecular weight is 442 g/mol. The smallest absolute Gasteiger partial charge is 0.273 e. The van der Waals surface area contributed by atoms with E-state index in [1.807, 2.05) is 18.2 Å². The lowest BCUT2D eigenvalue weighted by Crippen LogP contribution is -2.37. The average Bonchev–Trinajstić information content (AvgIpc) is 3.20. The first kappa shape index (κ1) is 22.0. The third kappa shape index (κ3) is 5.49. The number of carbonyl (C=O) groups is 2. The Morgan fingerprint density at radius 3 is 2.52 bits per heavy atom. The molecule has 0 saturated heterocycles. The molecule has 1 N–H and O–H groups in total. The molecule has 2 aromatic carbocycles. The highest BCUT2D eigenvalue weighted by Gasteiger charge is 2.17. The molecule has 1 heterocycles. The molecule has 160 valence electrons. The number of aryl methyl sites for hydroxylation is 1. The van der Waals surface area contributed by atoms with Crippen LogP contribution in [0.15, 0.2) is 59.0 Å². The Labute approximate surface area is 183 Å². The number of benzene rings is 2. The monoisotopic (exact) mass is 441 g/mol. The Bertz CT molecular complexity index is 1120. The summed E-state index contributed by atoms with van der Waals surface area (Å²) >= 11 is 5.89. The van der Waals surface area contributed by atoms with Gasteiger partial charge in [-0.2, -0.15) is 0 Å². The van der Waals surface area contributed by atoms with Gasteiger partial charge in [0.2, 0.25) is 5.91 Å². The number of amides is 2. The number of rotatable bonds is 7. The van der Waals surface area contributed by atoms with Crippen molar-refractivity contribution in [2.24, 2.45) is 0 Å². The summed E-state index contributed by atoms with van der Waals surface area (Å²) in [6.45, 7) is 1.56. The minimum atomic E-state index is -0.562. The second kappa shape index (κ2) is 9.44. The number of likely N-dealkylation sites (N-methyl/N-ethyl adjacent to an activating group) is 1. The maximum atomic E-state index is 12.4. The third-order valence-electron chi connectivity index (χ3n) is 4.68. The van der Waals surface area contributed by atoms with E-state index in [-0.39, 0.29) is 30.2 Å². The summed E-state index contributed by atoms with van der Waals surface area (Å²) in [5, 5.41) is 14.2. The molecule has 0 aliphatic rings. The zero-order chi connectivity index (χ0) is 22.5. The molecule has 31 heavy (non-hydrogen) atoms. The number of hydrogen-bond acceptors (Lipinski definition) is 5. The summed E-state index contributed by atoms with van der Waals surface area (Å²) in [6, 6.07) is 15.0. The topological polar surface area (TPSA) is 106 Å². The van der Waals surface area contributed by atoms with Gasteiger partial charge in [-0.25, -0.2) is 0 Å². The van der Waals surface area contributed by atoms with E-state index in [9.17, 15) is 19.7 Å². The van der Waals surface area contributed by atoms with Crippen LogP contribution < -0.4 is 5.32 Å². The highest BCUT2D eigenvalue weighted by Crippen LogP contribution is 2.24. The lowest BCUT2D eigenvalue weighted by molar-refractivity contribution is -0.385. The first-order chi connectivity index (χ1) is 14.7. The van der Waals surface area contributed by atoms with Gasteiger partial charge < -0.3 is 14.6 Å². The van der Waals surface area contributed by atoms with Gasteiger partial charge in [0.15, 0.2) is 0 Å². The third-order valence-corrected chi connectivity index (χ3v) is 4.93. The maximum Gasteiger partial charge on any atom is 0.273 e. The van der Waals surface area contributed by atoms with E-state index in [2.05, 4.69) is 5.32 Å². The zero-order valence-corrected chi connectivity index (χ0v) is 17.7. The molecule has 0 saturated carbocycles. The fourth-order valence-electron chi connectivity index (χ4n) is 2.89. The molecule has 0 radical (unpaired) electrons. The van der Waals surface area contributed by atoms with Crippen molar-refractivity contribution in [2.75, 3.05) is 13.6 Å². The fraction of sp³-hybridized carbons (Fsp3) is 0.182. The van der Waals surface area contributed by atoms with Gasteiger partial charge in [0.25, 0.3) is 11.6 Å². The number of nitro groups is 1. The Morgan fingerprint density at radius 2 is 1.84 bits per heavy atom. The van der Waals surface area contributed by atoms with Gasteiger partial charge in [0.1, 0.15) is 11.5 Å². The van der Waals surface area contributed by atoms with E-state index in [4.69, 9.17) is 16.0 Å². The molecule has 0 aliphatic carbocycles. The Morgan fingerprint density at radius 1 is 1.13 bits per heavy atom. The zero-order valence-electron chi connectivity index (χ0n) is 16.9. The van der Waals surface area contributed by atoms with Crippen LogP contribution in [0.1, 0.15) is 21.7 Å². The molecule has 1 aromatic heterocycles. The van der Waals surface area contributed by atoms with Crippen LogP contribution in [-0.2, 0) is 11.3 Å². The van der Waals surface area contributed by atoms with Crippen molar-refractivity contribution in [1.82, 2.24) is 10.2 Å². The van der Waals surface area contributed by atoms with Gasteiger partial charge in [-0.05, 0) is 49.4 Å². The highest BCUT2D eigenvalue weighted by molar-refractivity contribution is 6.30. The molecule has 9 heteroatoms. The number of nitrogens with zero attached hydrogens (tertiary/aromatic N) is 2. The molecule has 0 bridgehead atoms. The van der Waals surface area contributed by atoms with E-state index in [1.54, 1.807) is 32.2 Å². The van der Waals surface area contributed by atoms with Crippen molar-refractivity contribution in [3.05, 3.63) is 86.6 Å². The summed E-state index contributed by atoms with van der Waals surface area (Å²) in [4.78, 5) is 36.5. The molecule has 3 rings (SSSR count). The molecular formula is C22H20ClN3O5. The molecule has 0 aliphatic heterocycles.